The van der Waals surface area contributed by atoms with Gasteiger partial charge in [-0.2, -0.15) is 5.26 Å². The van der Waals surface area contributed by atoms with Crippen molar-refractivity contribution in [3.8, 4) is 6.07 Å². The van der Waals surface area contributed by atoms with Crippen molar-refractivity contribution in [3.05, 3.63) is 12.4 Å². The quantitative estimate of drug-likeness (QED) is 0.801. The van der Waals surface area contributed by atoms with E-state index in [9.17, 15) is 0 Å². The molecule has 0 amide bonds. The molecular weight excluding hydrogens is 190 g/mol. The number of hydrogen-bond acceptors (Lipinski definition) is 5. The van der Waals surface area contributed by atoms with Crippen molar-refractivity contribution < 1.29 is 0 Å². The van der Waals surface area contributed by atoms with Crippen molar-refractivity contribution >= 4 is 11.6 Å². The number of rotatable bonds is 4. The predicted molar refractivity (Wildman–Crippen MR) is 59.7 cm³/mol. The van der Waals surface area contributed by atoms with E-state index in [-0.39, 0.29) is 6.04 Å². The molecule has 15 heavy (non-hydrogen) atoms. The number of hydrogen-bond donors (Lipinski definition) is 1. The Kier molecular flexibility index (Phi) is 3.86. The minimum absolute atomic E-state index is 0.136. The molecule has 0 fully saturated rings. The Labute approximate surface area is 89.8 Å². The third-order valence-electron chi connectivity index (χ3n) is 2.29. The van der Waals surface area contributed by atoms with Gasteiger partial charge in [0.25, 0.3) is 0 Å². The van der Waals surface area contributed by atoms with Crippen molar-refractivity contribution in [2.75, 3.05) is 24.3 Å². The van der Waals surface area contributed by atoms with Gasteiger partial charge in [-0.3, -0.25) is 4.98 Å². The van der Waals surface area contributed by atoms with E-state index < -0.39 is 0 Å². The van der Waals surface area contributed by atoms with Gasteiger partial charge in [-0.1, -0.05) is 0 Å². The summed E-state index contributed by atoms with van der Waals surface area (Å²) in [6.45, 7) is 1.98. The molecule has 0 radical (unpaired) electrons. The van der Waals surface area contributed by atoms with Gasteiger partial charge in [0.1, 0.15) is 11.6 Å². The van der Waals surface area contributed by atoms with Crippen LogP contribution in [0.1, 0.15) is 13.3 Å². The Morgan fingerprint density at radius 3 is 2.93 bits per heavy atom. The van der Waals surface area contributed by atoms with Gasteiger partial charge < -0.3 is 10.2 Å². The summed E-state index contributed by atoms with van der Waals surface area (Å²) in [6.07, 6.45) is 3.82. The van der Waals surface area contributed by atoms with Gasteiger partial charge in [-0.25, -0.2) is 4.98 Å². The molecule has 1 rings (SSSR count). The van der Waals surface area contributed by atoms with Crippen LogP contribution in [0.5, 0.6) is 0 Å². The molecular formula is C10H15N5. The largest absolute Gasteiger partial charge is 0.372 e. The molecule has 1 unspecified atom stereocenters. The fourth-order valence-electron chi connectivity index (χ4n) is 1.14. The summed E-state index contributed by atoms with van der Waals surface area (Å²) in [4.78, 5) is 10.3. The van der Waals surface area contributed by atoms with E-state index >= 15 is 0 Å². The maximum absolute atomic E-state index is 8.61. The van der Waals surface area contributed by atoms with Crippen molar-refractivity contribution in [2.24, 2.45) is 0 Å². The lowest BCUT2D eigenvalue weighted by molar-refractivity contribution is 0.692. The summed E-state index contributed by atoms with van der Waals surface area (Å²) in [6, 6.07) is 2.28. The standard InChI is InChI=1S/C10H15N5/c1-8(4-5-11)15(3)10-7-13-6-9(12-2)14-10/h6-8H,4H2,1-3H3,(H,12,14). The molecule has 1 aromatic rings. The van der Waals surface area contributed by atoms with Gasteiger partial charge in [0.2, 0.25) is 0 Å². The van der Waals surface area contributed by atoms with Crippen molar-refractivity contribution in [2.45, 2.75) is 19.4 Å². The monoisotopic (exact) mass is 205 g/mol. The molecule has 5 heteroatoms. The molecule has 5 nitrogen and oxygen atoms in total. The molecule has 1 N–H and O–H groups in total. The minimum Gasteiger partial charge on any atom is -0.372 e. The molecule has 1 aromatic heterocycles. The maximum Gasteiger partial charge on any atom is 0.149 e. The fourth-order valence-corrected chi connectivity index (χ4v) is 1.14. The predicted octanol–water partition coefficient (Wildman–Crippen LogP) is 1.26. The van der Waals surface area contributed by atoms with Crippen molar-refractivity contribution in [1.29, 1.82) is 5.26 Å². The highest BCUT2D eigenvalue weighted by atomic mass is 15.2. The van der Waals surface area contributed by atoms with Crippen LogP contribution >= 0.6 is 0 Å². The topological polar surface area (TPSA) is 64.8 Å². The first kappa shape index (κ1) is 11.2. The first-order chi connectivity index (χ1) is 7.19. The van der Waals surface area contributed by atoms with E-state index in [4.69, 9.17) is 5.26 Å². The van der Waals surface area contributed by atoms with Crippen molar-refractivity contribution in [1.82, 2.24) is 9.97 Å². The van der Waals surface area contributed by atoms with Crippen LogP contribution in [-0.4, -0.2) is 30.1 Å². The second-order valence-corrected chi connectivity index (χ2v) is 3.33. The summed E-state index contributed by atoms with van der Waals surface area (Å²) in [5, 5.41) is 11.5. The van der Waals surface area contributed by atoms with Crippen LogP contribution in [0.25, 0.3) is 0 Å². The third kappa shape index (κ3) is 2.81. The van der Waals surface area contributed by atoms with E-state index in [1.807, 2.05) is 18.9 Å². The first-order valence-corrected chi connectivity index (χ1v) is 4.78. The molecule has 0 aliphatic rings. The van der Waals surface area contributed by atoms with Gasteiger partial charge in [-0.15, -0.1) is 0 Å². The Morgan fingerprint density at radius 2 is 2.33 bits per heavy atom. The first-order valence-electron chi connectivity index (χ1n) is 4.78. The van der Waals surface area contributed by atoms with Gasteiger partial charge in [0, 0.05) is 20.1 Å². The van der Waals surface area contributed by atoms with E-state index in [2.05, 4.69) is 21.4 Å². The van der Waals surface area contributed by atoms with Gasteiger partial charge in [0.15, 0.2) is 0 Å². The Bertz CT molecular complexity index is 357. The number of aromatic nitrogens is 2. The van der Waals surface area contributed by atoms with Crippen LogP contribution in [-0.2, 0) is 0 Å². The minimum atomic E-state index is 0.136. The molecule has 0 aromatic carbocycles. The Hall–Kier alpha value is -1.83. The highest BCUT2D eigenvalue weighted by molar-refractivity contribution is 5.43. The lowest BCUT2D eigenvalue weighted by Gasteiger charge is -2.23. The highest BCUT2D eigenvalue weighted by Crippen LogP contribution is 2.14. The molecule has 1 heterocycles. The van der Waals surface area contributed by atoms with Crippen LogP contribution < -0.4 is 10.2 Å². The van der Waals surface area contributed by atoms with Crippen LogP contribution in [0, 0.1) is 11.3 Å². The SMILES string of the molecule is CNc1cncc(N(C)C(C)CC#N)n1. The molecule has 0 saturated carbocycles. The summed E-state index contributed by atoms with van der Waals surface area (Å²) in [5.41, 5.74) is 0. The summed E-state index contributed by atoms with van der Waals surface area (Å²) < 4.78 is 0. The Balaban J connectivity index is 2.81. The molecule has 0 spiro atoms. The highest BCUT2D eigenvalue weighted by Gasteiger charge is 2.11. The van der Waals surface area contributed by atoms with Crippen LogP contribution in [0.3, 0.4) is 0 Å². The molecule has 80 valence electrons. The molecule has 0 saturated heterocycles. The molecule has 0 bridgehead atoms. The number of nitriles is 1. The van der Waals surface area contributed by atoms with Crippen molar-refractivity contribution in [3.63, 3.8) is 0 Å². The summed E-state index contributed by atoms with van der Waals surface area (Å²) >= 11 is 0. The van der Waals surface area contributed by atoms with E-state index in [0.717, 1.165) is 11.6 Å². The summed E-state index contributed by atoms with van der Waals surface area (Å²) in [5.74, 6) is 1.49. The zero-order valence-corrected chi connectivity index (χ0v) is 9.23. The zero-order chi connectivity index (χ0) is 11.3. The van der Waals surface area contributed by atoms with Gasteiger partial charge in [0.05, 0.1) is 24.9 Å². The number of nitrogens with zero attached hydrogens (tertiary/aromatic N) is 4. The number of anilines is 2. The normalized spacial score (nSPS) is 11.6. The smallest absolute Gasteiger partial charge is 0.149 e. The Morgan fingerprint density at radius 1 is 1.60 bits per heavy atom. The zero-order valence-electron chi connectivity index (χ0n) is 9.23. The van der Waals surface area contributed by atoms with E-state index in [0.29, 0.717) is 6.42 Å². The van der Waals surface area contributed by atoms with Crippen LogP contribution in [0.2, 0.25) is 0 Å². The molecule has 0 aliphatic carbocycles. The van der Waals surface area contributed by atoms with E-state index in [1.165, 1.54) is 0 Å². The van der Waals surface area contributed by atoms with Gasteiger partial charge >= 0.3 is 0 Å². The second-order valence-electron chi connectivity index (χ2n) is 3.33. The van der Waals surface area contributed by atoms with Crippen LogP contribution in [0.4, 0.5) is 11.6 Å². The summed E-state index contributed by atoms with van der Waals surface area (Å²) in [7, 11) is 3.71. The van der Waals surface area contributed by atoms with Crippen LogP contribution in [0.15, 0.2) is 12.4 Å². The number of nitrogens with one attached hydrogen (secondary N) is 1. The molecule has 0 aliphatic heterocycles. The lowest BCUT2D eigenvalue weighted by Crippen LogP contribution is -2.29. The average molecular weight is 205 g/mol. The van der Waals surface area contributed by atoms with E-state index in [1.54, 1.807) is 19.4 Å². The second kappa shape index (κ2) is 5.15. The average Bonchev–Trinajstić information content (AvgIpc) is 2.28. The lowest BCUT2D eigenvalue weighted by atomic mass is 10.2. The maximum atomic E-state index is 8.61. The molecule has 1 atom stereocenters. The third-order valence-corrected chi connectivity index (χ3v) is 2.29. The fraction of sp³-hybridized carbons (Fsp3) is 0.500. The van der Waals surface area contributed by atoms with Gasteiger partial charge in [-0.05, 0) is 6.92 Å².